The first-order valence-electron chi connectivity index (χ1n) is 6.42. The van der Waals surface area contributed by atoms with Gasteiger partial charge in [0.05, 0.1) is 0 Å². The second-order valence-corrected chi connectivity index (χ2v) is 5.29. The summed E-state index contributed by atoms with van der Waals surface area (Å²) in [6.45, 7) is 5.78. The van der Waals surface area contributed by atoms with E-state index in [1.54, 1.807) is 0 Å². The molecule has 1 aliphatic carbocycles. The van der Waals surface area contributed by atoms with Crippen molar-refractivity contribution >= 4 is 0 Å². The Morgan fingerprint density at radius 2 is 2.13 bits per heavy atom. The average Bonchev–Trinajstić information content (AvgIpc) is 3.00. The van der Waals surface area contributed by atoms with E-state index in [2.05, 4.69) is 16.8 Å². The van der Waals surface area contributed by atoms with Crippen LogP contribution in [0, 0.1) is 5.92 Å². The minimum Gasteiger partial charge on any atom is -0.329 e. The number of piperidine rings is 1. The summed E-state index contributed by atoms with van der Waals surface area (Å²) in [5, 5.41) is 0. The molecule has 2 aliphatic rings. The third-order valence-corrected chi connectivity index (χ3v) is 3.69. The minimum absolute atomic E-state index is 0.819. The maximum atomic E-state index is 5.68. The van der Waals surface area contributed by atoms with Crippen LogP contribution in [0.3, 0.4) is 0 Å². The van der Waals surface area contributed by atoms with E-state index in [4.69, 9.17) is 5.73 Å². The minimum atomic E-state index is 0.819. The summed E-state index contributed by atoms with van der Waals surface area (Å²) in [5.41, 5.74) is 5.68. The molecule has 0 bridgehead atoms. The van der Waals surface area contributed by atoms with E-state index in [1.807, 2.05) is 0 Å². The Kier molecular flexibility index (Phi) is 4.00. The van der Waals surface area contributed by atoms with Crippen LogP contribution in [0.2, 0.25) is 0 Å². The van der Waals surface area contributed by atoms with E-state index < -0.39 is 0 Å². The van der Waals surface area contributed by atoms with Gasteiger partial charge in [-0.1, -0.05) is 0 Å². The fourth-order valence-corrected chi connectivity index (χ4v) is 2.78. The van der Waals surface area contributed by atoms with Crippen molar-refractivity contribution in [2.24, 2.45) is 11.7 Å². The molecule has 88 valence electrons. The molecular weight excluding hydrogens is 186 g/mol. The second-order valence-electron chi connectivity index (χ2n) is 5.29. The molecular formula is C12H25N3. The van der Waals surface area contributed by atoms with Crippen LogP contribution in [0.5, 0.6) is 0 Å². The largest absolute Gasteiger partial charge is 0.329 e. The van der Waals surface area contributed by atoms with Gasteiger partial charge in [-0.2, -0.15) is 0 Å². The van der Waals surface area contributed by atoms with E-state index in [9.17, 15) is 0 Å². The Morgan fingerprint density at radius 1 is 1.33 bits per heavy atom. The fourth-order valence-electron chi connectivity index (χ4n) is 2.78. The quantitative estimate of drug-likeness (QED) is 0.728. The van der Waals surface area contributed by atoms with Crippen molar-refractivity contribution in [2.45, 2.75) is 31.7 Å². The van der Waals surface area contributed by atoms with Crippen molar-refractivity contribution in [2.75, 3.05) is 39.8 Å². The van der Waals surface area contributed by atoms with Gasteiger partial charge in [-0.3, -0.25) is 4.90 Å². The van der Waals surface area contributed by atoms with E-state index >= 15 is 0 Å². The van der Waals surface area contributed by atoms with Gasteiger partial charge >= 0.3 is 0 Å². The van der Waals surface area contributed by atoms with Gasteiger partial charge in [0.1, 0.15) is 0 Å². The molecule has 0 radical (unpaired) electrons. The molecule has 1 atom stereocenters. The van der Waals surface area contributed by atoms with Crippen LogP contribution in [-0.2, 0) is 0 Å². The van der Waals surface area contributed by atoms with Crippen molar-refractivity contribution in [3.8, 4) is 0 Å². The van der Waals surface area contributed by atoms with E-state index in [1.165, 1.54) is 45.3 Å². The fraction of sp³-hybridized carbons (Fsp3) is 1.00. The zero-order chi connectivity index (χ0) is 10.7. The molecule has 0 aromatic rings. The lowest BCUT2D eigenvalue weighted by Gasteiger charge is -2.33. The van der Waals surface area contributed by atoms with Crippen molar-refractivity contribution < 1.29 is 0 Å². The van der Waals surface area contributed by atoms with Gasteiger partial charge in [0.2, 0.25) is 0 Å². The van der Waals surface area contributed by atoms with Crippen LogP contribution >= 0.6 is 0 Å². The molecule has 15 heavy (non-hydrogen) atoms. The lowest BCUT2D eigenvalue weighted by Crippen LogP contribution is -2.41. The molecule has 3 heteroatoms. The van der Waals surface area contributed by atoms with Gasteiger partial charge in [-0.25, -0.2) is 0 Å². The summed E-state index contributed by atoms with van der Waals surface area (Å²) in [4.78, 5) is 5.10. The molecule has 2 rings (SSSR count). The van der Waals surface area contributed by atoms with Crippen molar-refractivity contribution in [3.63, 3.8) is 0 Å². The molecule has 2 N–H and O–H groups in total. The summed E-state index contributed by atoms with van der Waals surface area (Å²) in [6, 6.07) is 0.876. The van der Waals surface area contributed by atoms with Gasteiger partial charge < -0.3 is 10.6 Å². The van der Waals surface area contributed by atoms with E-state index in [-0.39, 0.29) is 0 Å². The van der Waals surface area contributed by atoms with Gasteiger partial charge in [0.15, 0.2) is 0 Å². The number of likely N-dealkylation sites (tertiary alicyclic amines) is 1. The number of hydrogen-bond donors (Lipinski definition) is 1. The van der Waals surface area contributed by atoms with E-state index in [0.29, 0.717) is 0 Å². The Hall–Kier alpha value is -0.120. The standard InChI is InChI=1S/C12H25N3/c1-14-7-2-3-11(9-14)10-15(8-6-13)12-4-5-12/h11-12H,2-10,13H2,1H3. The lowest BCUT2D eigenvalue weighted by atomic mass is 9.98. The van der Waals surface area contributed by atoms with Gasteiger partial charge in [-0.05, 0) is 45.2 Å². The molecule has 3 nitrogen and oxygen atoms in total. The molecule has 1 saturated heterocycles. The zero-order valence-electron chi connectivity index (χ0n) is 9.99. The Bertz CT molecular complexity index is 191. The molecule has 1 unspecified atom stereocenters. The molecule has 1 saturated carbocycles. The highest BCUT2D eigenvalue weighted by Gasteiger charge is 2.30. The van der Waals surface area contributed by atoms with Gasteiger partial charge in [-0.15, -0.1) is 0 Å². The summed E-state index contributed by atoms with van der Waals surface area (Å²) >= 11 is 0. The SMILES string of the molecule is CN1CCCC(CN(CCN)C2CC2)C1. The first kappa shape index (κ1) is 11.4. The van der Waals surface area contributed by atoms with Crippen molar-refractivity contribution in [1.82, 2.24) is 9.80 Å². The number of rotatable bonds is 5. The molecule has 1 aliphatic heterocycles. The molecule has 0 aromatic heterocycles. The van der Waals surface area contributed by atoms with Crippen LogP contribution in [0.15, 0.2) is 0 Å². The van der Waals surface area contributed by atoms with Crippen LogP contribution in [0.1, 0.15) is 25.7 Å². The molecule has 1 heterocycles. The summed E-state index contributed by atoms with van der Waals surface area (Å²) in [7, 11) is 2.25. The van der Waals surface area contributed by atoms with Crippen LogP contribution < -0.4 is 5.73 Å². The normalized spacial score (nSPS) is 28.6. The Morgan fingerprint density at radius 3 is 2.73 bits per heavy atom. The average molecular weight is 211 g/mol. The number of nitrogens with zero attached hydrogens (tertiary/aromatic N) is 2. The smallest absolute Gasteiger partial charge is 0.0108 e. The summed E-state index contributed by atoms with van der Waals surface area (Å²) in [6.07, 6.45) is 5.60. The monoisotopic (exact) mass is 211 g/mol. The number of hydrogen-bond acceptors (Lipinski definition) is 3. The third kappa shape index (κ3) is 3.44. The third-order valence-electron chi connectivity index (χ3n) is 3.69. The predicted octanol–water partition coefficient (Wildman–Crippen LogP) is 0.751. The lowest BCUT2D eigenvalue weighted by molar-refractivity contribution is 0.149. The van der Waals surface area contributed by atoms with Crippen molar-refractivity contribution in [1.29, 1.82) is 0 Å². The van der Waals surface area contributed by atoms with Crippen LogP contribution in [0.4, 0.5) is 0 Å². The highest BCUT2D eigenvalue weighted by atomic mass is 15.2. The Balaban J connectivity index is 1.77. The first-order valence-corrected chi connectivity index (χ1v) is 6.42. The second kappa shape index (κ2) is 5.28. The molecule has 0 spiro atoms. The maximum Gasteiger partial charge on any atom is 0.0108 e. The highest BCUT2D eigenvalue weighted by molar-refractivity contribution is 4.86. The van der Waals surface area contributed by atoms with Crippen molar-refractivity contribution in [3.05, 3.63) is 0 Å². The molecule has 2 fully saturated rings. The van der Waals surface area contributed by atoms with Gasteiger partial charge in [0, 0.05) is 32.2 Å². The van der Waals surface area contributed by atoms with Crippen LogP contribution in [0.25, 0.3) is 0 Å². The predicted molar refractivity (Wildman–Crippen MR) is 63.9 cm³/mol. The summed E-state index contributed by atoms with van der Waals surface area (Å²) in [5.74, 6) is 0.885. The number of nitrogens with two attached hydrogens (primary N) is 1. The topological polar surface area (TPSA) is 32.5 Å². The Labute approximate surface area is 93.6 Å². The first-order chi connectivity index (χ1) is 7.29. The zero-order valence-corrected chi connectivity index (χ0v) is 9.99. The van der Waals surface area contributed by atoms with E-state index in [0.717, 1.165) is 25.0 Å². The maximum absolute atomic E-state index is 5.68. The van der Waals surface area contributed by atoms with Crippen LogP contribution in [-0.4, -0.2) is 55.6 Å². The summed E-state index contributed by atoms with van der Waals surface area (Å²) < 4.78 is 0. The molecule has 0 aromatic carbocycles. The van der Waals surface area contributed by atoms with Gasteiger partial charge in [0.25, 0.3) is 0 Å². The molecule has 0 amide bonds. The highest BCUT2D eigenvalue weighted by Crippen LogP contribution is 2.28.